The molecule has 2 aromatic heterocycles. The molecule has 1 saturated heterocycles. The van der Waals surface area contributed by atoms with Gasteiger partial charge in [-0.3, -0.25) is 9.69 Å². The lowest BCUT2D eigenvalue weighted by molar-refractivity contribution is -0.127. The van der Waals surface area contributed by atoms with Crippen LogP contribution < -0.4 is 0 Å². The highest BCUT2D eigenvalue weighted by molar-refractivity contribution is 7.12. The lowest BCUT2D eigenvalue weighted by Crippen LogP contribution is -2.48. The van der Waals surface area contributed by atoms with Crippen LogP contribution in [-0.4, -0.2) is 48.4 Å². The number of hydrogen-bond donors (Lipinski definition) is 0. The van der Waals surface area contributed by atoms with Gasteiger partial charge in [0.1, 0.15) is 0 Å². The Balaban J connectivity index is 1.43. The monoisotopic (exact) mass is 346 g/mol. The molecule has 23 heavy (non-hydrogen) atoms. The van der Waals surface area contributed by atoms with E-state index < -0.39 is 0 Å². The van der Waals surface area contributed by atoms with Gasteiger partial charge in [-0.1, -0.05) is 6.07 Å². The topological polar surface area (TPSA) is 23.6 Å². The second-order valence-electron chi connectivity index (χ2n) is 5.78. The summed E-state index contributed by atoms with van der Waals surface area (Å²) in [5.74, 6) is 0.133. The minimum atomic E-state index is 0.133. The summed E-state index contributed by atoms with van der Waals surface area (Å²) in [6.07, 6.45) is 4.76. The van der Waals surface area contributed by atoms with Gasteiger partial charge in [-0.15, -0.1) is 22.7 Å². The Hall–Kier alpha value is -1.43. The second-order valence-corrected chi connectivity index (χ2v) is 8.13. The van der Waals surface area contributed by atoms with Crippen molar-refractivity contribution < 1.29 is 4.79 Å². The van der Waals surface area contributed by atoms with Crippen LogP contribution in [0.4, 0.5) is 0 Å². The minimum Gasteiger partial charge on any atom is -0.337 e. The van der Waals surface area contributed by atoms with Crippen molar-refractivity contribution in [2.24, 2.45) is 0 Å². The molecule has 0 radical (unpaired) electrons. The normalized spacial score (nSPS) is 16.3. The third-order valence-corrected chi connectivity index (χ3v) is 5.99. The predicted octanol–water partition coefficient (Wildman–Crippen LogP) is 3.52. The Bertz CT molecular complexity index is 652. The van der Waals surface area contributed by atoms with Gasteiger partial charge in [0.2, 0.25) is 5.91 Å². The van der Waals surface area contributed by atoms with E-state index in [9.17, 15) is 4.79 Å². The second kappa shape index (κ2) is 7.90. The predicted molar refractivity (Wildman–Crippen MR) is 99.1 cm³/mol. The Morgan fingerprint density at radius 1 is 1.22 bits per heavy atom. The highest BCUT2D eigenvalue weighted by Crippen LogP contribution is 2.17. The van der Waals surface area contributed by atoms with E-state index in [0.29, 0.717) is 0 Å². The summed E-state index contributed by atoms with van der Waals surface area (Å²) in [6, 6.07) is 8.45. The van der Waals surface area contributed by atoms with Crippen molar-refractivity contribution in [3.8, 4) is 0 Å². The van der Waals surface area contributed by atoms with Crippen molar-refractivity contribution in [1.82, 2.24) is 9.80 Å². The summed E-state index contributed by atoms with van der Waals surface area (Å²) >= 11 is 3.54. The average Bonchev–Trinajstić information content (AvgIpc) is 3.22. The molecule has 0 aromatic carbocycles. The molecule has 1 amide bonds. The molecule has 0 saturated carbocycles. The molecule has 3 rings (SSSR count). The highest BCUT2D eigenvalue weighted by atomic mass is 32.1. The lowest BCUT2D eigenvalue weighted by Gasteiger charge is -2.34. The fourth-order valence-corrected chi connectivity index (χ4v) is 4.20. The van der Waals surface area contributed by atoms with E-state index in [0.717, 1.165) is 44.0 Å². The number of rotatable bonds is 5. The molecule has 122 valence electrons. The first kappa shape index (κ1) is 16.4. The van der Waals surface area contributed by atoms with Crippen LogP contribution in [0.1, 0.15) is 14.6 Å². The number of hydrogen-bond acceptors (Lipinski definition) is 4. The molecule has 0 N–H and O–H groups in total. The fraction of sp³-hybridized carbons (Fsp3) is 0.389. The molecular formula is C18H22N2OS2. The first-order valence-electron chi connectivity index (χ1n) is 7.99. The van der Waals surface area contributed by atoms with Crippen LogP contribution in [0.2, 0.25) is 0 Å². The van der Waals surface area contributed by atoms with Gasteiger partial charge >= 0.3 is 0 Å². The quantitative estimate of drug-likeness (QED) is 0.774. The third-order valence-electron chi connectivity index (χ3n) is 4.09. The van der Waals surface area contributed by atoms with E-state index in [-0.39, 0.29) is 5.91 Å². The average molecular weight is 347 g/mol. The van der Waals surface area contributed by atoms with Gasteiger partial charge in [0.25, 0.3) is 0 Å². The van der Waals surface area contributed by atoms with Crippen LogP contribution in [0.3, 0.4) is 0 Å². The van der Waals surface area contributed by atoms with Crippen molar-refractivity contribution in [3.05, 3.63) is 50.4 Å². The van der Waals surface area contributed by atoms with E-state index in [1.54, 1.807) is 17.4 Å². The van der Waals surface area contributed by atoms with E-state index in [1.807, 2.05) is 22.3 Å². The molecule has 0 aliphatic carbocycles. The Morgan fingerprint density at radius 3 is 2.70 bits per heavy atom. The van der Waals surface area contributed by atoms with E-state index in [4.69, 9.17) is 0 Å². The maximum absolute atomic E-state index is 12.3. The van der Waals surface area contributed by atoms with E-state index in [1.165, 1.54) is 9.75 Å². The molecule has 5 heteroatoms. The molecule has 3 nitrogen and oxygen atoms in total. The third kappa shape index (κ3) is 4.77. The molecule has 3 heterocycles. The van der Waals surface area contributed by atoms with E-state index in [2.05, 4.69) is 41.5 Å². The number of carbonyl (C=O) groups excluding carboxylic acids is 1. The van der Waals surface area contributed by atoms with Crippen molar-refractivity contribution in [3.63, 3.8) is 0 Å². The van der Waals surface area contributed by atoms with Gasteiger partial charge < -0.3 is 4.90 Å². The summed E-state index contributed by atoms with van der Waals surface area (Å²) in [7, 11) is 0. The Labute approximate surface area is 145 Å². The first-order chi connectivity index (χ1) is 11.2. The Morgan fingerprint density at radius 2 is 2.04 bits per heavy atom. The van der Waals surface area contributed by atoms with E-state index >= 15 is 0 Å². The van der Waals surface area contributed by atoms with Gasteiger partial charge in [-0.2, -0.15) is 0 Å². The smallest absolute Gasteiger partial charge is 0.246 e. The number of carbonyl (C=O) groups is 1. The van der Waals surface area contributed by atoms with Gasteiger partial charge in [-0.05, 0) is 43.0 Å². The zero-order valence-corrected chi connectivity index (χ0v) is 15.0. The Kier molecular flexibility index (Phi) is 5.65. The standard InChI is InChI=1S/C18H22N2OS2/c1-15-4-5-17(23-15)6-7-18(21)20-12-10-19(11-13-20)9-8-16-3-2-14-22-16/h2-7,14H,8-13H2,1H3/b7-6+. The van der Waals surface area contributed by atoms with Crippen LogP contribution >= 0.6 is 22.7 Å². The van der Waals surface area contributed by atoms with Gasteiger partial charge in [0, 0.05) is 53.4 Å². The zero-order valence-electron chi connectivity index (χ0n) is 13.4. The summed E-state index contributed by atoms with van der Waals surface area (Å²) < 4.78 is 0. The largest absolute Gasteiger partial charge is 0.337 e. The van der Waals surface area contributed by atoms with Crippen LogP contribution in [0.5, 0.6) is 0 Å². The number of piperazine rings is 1. The van der Waals surface area contributed by atoms with Gasteiger partial charge in [-0.25, -0.2) is 0 Å². The zero-order chi connectivity index (χ0) is 16.1. The molecular weight excluding hydrogens is 324 g/mol. The van der Waals surface area contributed by atoms with Crippen molar-refractivity contribution in [2.45, 2.75) is 13.3 Å². The lowest BCUT2D eigenvalue weighted by atomic mass is 10.2. The fourth-order valence-electron chi connectivity index (χ4n) is 2.72. The highest BCUT2D eigenvalue weighted by Gasteiger charge is 2.19. The van der Waals surface area contributed by atoms with Crippen LogP contribution in [0, 0.1) is 6.92 Å². The van der Waals surface area contributed by atoms with Crippen LogP contribution in [-0.2, 0) is 11.2 Å². The van der Waals surface area contributed by atoms with Gasteiger partial charge in [0.05, 0.1) is 0 Å². The van der Waals surface area contributed by atoms with Crippen LogP contribution in [0.25, 0.3) is 6.08 Å². The molecule has 1 aliphatic rings. The molecule has 0 bridgehead atoms. The summed E-state index contributed by atoms with van der Waals surface area (Å²) in [5, 5.41) is 2.13. The number of amides is 1. The summed E-state index contributed by atoms with van der Waals surface area (Å²) in [5.41, 5.74) is 0. The first-order valence-corrected chi connectivity index (χ1v) is 9.68. The maximum Gasteiger partial charge on any atom is 0.246 e. The molecule has 1 aliphatic heterocycles. The minimum absolute atomic E-state index is 0.133. The maximum atomic E-state index is 12.3. The number of aryl methyl sites for hydroxylation is 1. The van der Waals surface area contributed by atoms with Crippen molar-refractivity contribution >= 4 is 34.7 Å². The summed E-state index contributed by atoms with van der Waals surface area (Å²) in [4.78, 5) is 20.5. The van der Waals surface area contributed by atoms with Crippen molar-refractivity contribution in [2.75, 3.05) is 32.7 Å². The molecule has 2 aromatic rings. The summed E-state index contributed by atoms with van der Waals surface area (Å²) in [6.45, 7) is 6.78. The molecule has 1 fully saturated rings. The molecule has 0 unspecified atom stereocenters. The molecule has 0 atom stereocenters. The SMILES string of the molecule is Cc1ccc(/C=C/C(=O)N2CCN(CCc3cccs3)CC2)s1. The molecule has 0 spiro atoms. The van der Waals surface area contributed by atoms with Crippen molar-refractivity contribution in [1.29, 1.82) is 0 Å². The number of thiophene rings is 2. The van der Waals surface area contributed by atoms with Crippen LogP contribution in [0.15, 0.2) is 35.7 Å². The number of nitrogens with zero attached hydrogens (tertiary/aromatic N) is 2. The van der Waals surface area contributed by atoms with Gasteiger partial charge in [0.15, 0.2) is 0 Å².